The van der Waals surface area contributed by atoms with E-state index in [0.717, 1.165) is 31.7 Å². The Morgan fingerprint density at radius 2 is 1.68 bits per heavy atom. The summed E-state index contributed by atoms with van der Waals surface area (Å²) in [6, 6.07) is 12.0. The average molecular weight is 340 g/mol. The first-order chi connectivity index (χ1) is 12.0. The van der Waals surface area contributed by atoms with Crippen LogP contribution in [-0.2, 0) is 0 Å². The molecule has 130 valence electrons. The van der Waals surface area contributed by atoms with E-state index in [2.05, 4.69) is 7.05 Å². The van der Waals surface area contributed by atoms with Crippen LogP contribution >= 0.6 is 0 Å². The van der Waals surface area contributed by atoms with Crippen molar-refractivity contribution in [3.05, 3.63) is 69.3 Å². The van der Waals surface area contributed by atoms with Crippen molar-refractivity contribution < 1.29 is 14.6 Å². The third kappa shape index (κ3) is 3.69. The Bertz CT molecular complexity index is 794. The molecule has 1 fully saturated rings. The summed E-state index contributed by atoms with van der Waals surface area (Å²) in [5.41, 5.74) is 2.54. The normalized spacial score (nSPS) is 15.2. The largest absolute Gasteiger partial charge is 0.355 e. The number of nitrogens with zero attached hydrogens (tertiary/aromatic N) is 2. The number of piperazine rings is 1. The van der Waals surface area contributed by atoms with E-state index in [0.29, 0.717) is 16.8 Å². The highest BCUT2D eigenvalue weighted by molar-refractivity contribution is 6.09. The predicted molar refractivity (Wildman–Crippen MR) is 96.5 cm³/mol. The summed E-state index contributed by atoms with van der Waals surface area (Å²) < 4.78 is 0. The second kappa shape index (κ2) is 7.03. The first-order valence-electron chi connectivity index (χ1n) is 8.42. The molecule has 0 amide bonds. The molecule has 2 aromatic carbocycles. The standard InChI is InChI=1S/C19H21N3O3/c1-14-3-5-15(6-4-14)19(23)16-7-8-17(18(13-16)22(24)25)21-11-9-20(2)10-12-21/h3-8,13H,9-12H2,1-2H3/p+1. The summed E-state index contributed by atoms with van der Waals surface area (Å²) in [5, 5.41) is 11.5. The topological polar surface area (TPSA) is 67.9 Å². The van der Waals surface area contributed by atoms with E-state index >= 15 is 0 Å². The number of aryl methyl sites for hydroxylation is 1. The lowest BCUT2D eigenvalue weighted by molar-refractivity contribution is -0.880. The smallest absolute Gasteiger partial charge is 0.293 e. The Kier molecular flexibility index (Phi) is 4.81. The fourth-order valence-electron chi connectivity index (χ4n) is 3.08. The number of nitro groups is 1. The molecule has 1 saturated heterocycles. The SMILES string of the molecule is Cc1ccc(C(=O)c2ccc(N3CC[NH+](C)CC3)c([N+](=O)[O-])c2)cc1. The van der Waals surface area contributed by atoms with Gasteiger partial charge in [0.15, 0.2) is 5.78 Å². The van der Waals surface area contributed by atoms with Crippen LogP contribution in [-0.4, -0.2) is 43.9 Å². The van der Waals surface area contributed by atoms with E-state index in [1.54, 1.807) is 24.3 Å². The lowest BCUT2D eigenvalue weighted by Gasteiger charge is -2.31. The van der Waals surface area contributed by atoms with Gasteiger partial charge < -0.3 is 9.80 Å². The van der Waals surface area contributed by atoms with Gasteiger partial charge in [0.1, 0.15) is 5.69 Å². The summed E-state index contributed by atoms with van der Waals surface area (Å²) >= 11 is 0. The van der Waals surface area contributed by atoms with Gasteiger partial charge in [-0.25, -0.2) is 0 Å². The van der Waals surface area contributed by atoms with Crippen LogP contribution < -0.4 is 9.80 Å². The summed E-state index contributed by atoms with van der Waals surface area (Å²) in [6.45, 7) is 5.39. The average Bonchev–Trinajstić information content (AvgIpc) is 2.62. The first kappa shape index (κ1) is 17.1. The van der Waals surface area contributed by atoms with Gasteiger partial charge in [0.25, 0.3) is 5.69 Å². The van der Waals surface area contributed by atoms with Crippen molar-refractivity contribution in [2.45, 2.75) is 6.92 Å². The molecular formula is C19H22N3O3+. The molecule has 2 aromatic rings. The molecule has 0 aromatic heterocycles. The summed E-state index contributed by atoms with van der Waals surface area (Å²) in [7, 11) is 2.12. The van der Waals surface area contributed by atoms with Crippen molar-refractivity contribution in [3.63, 3.8) is 0 Å². The second-order valence-electron chi connectivity index (χ2n) is 6.60. The maximum Gasteiger partial charge on any atom is 0.293 e. The number of hydrogen-bond acceptors (Lipinski definition) is 4. The lowest BCUT2D eigenvalue weighted by atomic mass is 10.0. The van der Waals surface area contributed by atoms with E-state index in [1.807, 2.05) is 24.0 Å². The summed E-state index contributed by atoms with van der Waals surface area (Å²) in [6.07, 6.45) is 0. The molecule has 0 spiro atoms. The van der Waals surface area contributed by atoms with Gasteiger partial charge in [-0.05, 0) is 19.1 Å². The number of hydrogen-bond donors (Lipinski definition) is 1. The van der Waals surface area contributed by atoms with Crippen LogP contribution in [0.2, 0.25) is 0 Å². The van der Waals surface area contributed by atoms with Crippen molar-refractivity contribution in [2.75, 3.05) is 38.1 Å². The van der Waals surface area contributed by atoms with Crippen LogP contribution in [0.15, 0.2) is 42.5 Å². The van der Waals surface area contributed by atoms with Gasteiger partial charge >= 0.3 is 0 Å². The maximum atomic E-state index is 12.6. The molecule has 1 N–H and O–H groups in total. The Morgan fingerprint density at radius 3 is 2.28 bits per heavy atom. The zero-order chi connectivity index (χ0) is 18.0. The van der Waals surface area contributed by atoms with Crippen LogP contribution in [0.3, 0.4) is 0 Å². The van der Waals surface area contributed by atoms with Crippen molar-refractivity contribution in [1.29, 1.82) is 0 Å². The fraction of sp³-hybridized carbons (Fsp3) is 0.316. The minimum Gasteiger partial charge on any atom is -0.355 e. The van der Waals surface area contributed by atoms with Crippen LogP contribution in [0.1, 0.15) is 21.5 Å². The Hall–Kier alpha value is -2.73. The van der Waals surface area contributed by atoms with Crippen LogP contribution in [0.4, 0.5) is 11.4 Å². The minimum absolute atomic E-state index is 0.00230. The third-order valence-electron chi connectivity index (χ3n) is 4.71. The number of nitro benzene ring substituents is 1. The fourth-order valence-corrected chi connectivity index (χ4v) is 3.08. The van der Waals surface area contributed by atoms with Crippen molar-refractivity contribution >= 4 is 17.2 Å². The van der Waals surface area contributed by atoms with Gasteiger partial charge in [-0.15, -0.1) is 0 Å². The minimum atomic E-state index is -0.396. The molecule has 0 bridgehead atoms. The number of nitrogens with one attached hydrogen (secondary N) is 1. The van der Waals surface area contributed by atoms with Crippen molar-refractivity contribution in [1.82, 2.24) is 0 Å². The van der Waals surface area contributed by atoms with Gasteiger partial charge in [-0.3, -0.25) is 14.9 Å². The third-order valence-corrected chi connectivity index (χ3v) is 4.71. The molecule has 1 aliphatic heterocycles. The Morgan fingerprint density at radius 1 is 1.08 bits per heavy atom. The van der Waals surface area contributed by atoms with Gasteiger partial charge in [0.05, 0.1) is 38.2 Å². The van der Waals surface area contributed by atoms with Gasteiger partial charge in [-0.1, -0.05) is 29.8 Å². The van der Waals surface area contributed by atoms with Crippen LogP contribution in [0.5, 0.6) is 0 Å². The molecule has 3 rings (SSSR count). The number of quaternary nitrogens is 1. The molecule has 0 aliphatic carbocycles. The highest BCUT2D eigenvalue weighted by atomic mass is 16.6. The molecule has 1 aliphatic rings. The van der Waals surface area contributed by atoms with Gasteiger partial charge in [0.2, 0.25) is 0 Å². The van der Waals surface area contributed by atoms with Crippen LogP contribution in [0.25, 0.3) is 0 Å². The molecule has 6 nitrogen and oxygen atoms in total. The quantitative estimate of drug-likeness (QED) is 0.520. The highest BCUT2D eigenvalue weighted by Gasteiger charge is 2.25. The van der Waals surface area contributed by atoms with Crippen LogP contribution in [0, 0.1) is 17.0 Å². The maximum absolute atomic E-state index is 12.6. The Balaban J connectivity index is 1.92. The molecule has 0 radical (unpaired) electrons. The first-order valence-corrected chi connectivity index (χ1v) is 8.42. The Labute approximate surface area is 146 Å². The molecule has 0 saturated carbocycles. The van der Waals surface area contributed by atoms with E-state index in [1.165, 1.54) is 11.0 Å². The van der Waals surface area contributed by atoms with Gasteiger partial charge in [-0.2, -0.15) is 0 Å². The van der Waals surface area contributed by atoms with E-state index in [4.69, 9.17) is 0 Å². The number of rotatable bonds is 4. The number of anilines is 1. The molecule has 6 heteroatoms. The van der Waals surface area contributed by atoms with E-state index in [9.17, 15) is 14.9 Å². The second-order valence-corrected chi connectivity index (χ2v) is 6.60. The molecular weight excluding hydrogens is 318 g/mol. The van der Waals surface area contributed by atoms with Crippen molar-refractivity contribution in [3.8, 4) is 0 Å². The molecule has 1 heterocycles. The zero-order valence-corrected chi connectivity index (χ0v) is 14.5. The van der Waals surface area contributed by atoms with E-state index in [-0.39, 0.29) is 11.5 Å². The number of carbonyl (C=O) groups excluding carboxylic acids is 1. The molecule has 0 unspecified atom stereocenters. The van der Waals surface area contributed by atoms with Crippen molar-refractivity contribution in [2.24, 2.45) is 0 Å². The monoisotopic (exact) mass is 340 g/mol. The number of ketones is 1. The van der Waals surface area contributed by atoms with Gasteiger partial charge in [0, 0.05) is 17.2 Å². The zero-order valence-electron chi connectivity index (χ0n) is 14.5. The summed E-state index contributed by atoms with van der Waals surface area (Å²) in [5.74, 6) is -0.197. The molecule has 0 atom stereocenters. The highest BCUT2D eigenvalue weighted by Crippen LogP contribution is 2.30. The number of carbonyl (C=O) groups is 1. The number of likely N-dealkylation sites (N-methyl/N-ethyl adjacent to an activating group) is 1. The summed E-state index contributed by atoms with van der Waals surface area (Å²) in [4.78, 5) is 27.2. The lowest BCUT2D eigenvalue weighted by Crippen LogP contribution is -3.12. The number of benzene rings is 2. The molecule has 25 heavy (non-hydrogen) atoms. The van der Waals surface area contributed by atoms with E-state index < -0.39 is 4.92 Å². The predicted octanol–water partition coefficient (Wildman–Crippen LogP) is 1.47.